The van der Waals surface area contributed by atoms with Crippen LogP contribution in [0.15, 0.2) is 47.7 Å². The molecule has 0 unspecified atom stereocenters. The van der Waals surface area contributed by atoms with Gasteiger partial charge >= 0.3 is 6.18 Å². The van der Waals surface area contributed by atoms with E-state index in [2.05, 4.69) is 20.3 Å². The fourth-order valence-electron chi connectivity index (χ4n) is 2.08. The molecule has 9 heteroatoms. The molecule has 2 heterocycles. The van der Waals surface area contributed by atoms with Crippen molar-refractivity contribution in [2.24, 2.45) is 10.7 Å². The minimum Gasteiger partial charge on any atom is -0.463 e. The number of amidine groups is 1. The van der Waals surface area contributed by atoms with E-state index >= 15 is 0 Å². The molecule has 3 N–H and O–H groups in total. The first-order chi connectivity index (χ1) is 11.9. The summed E-state index contributed by atoms with van der Waals surface area (Å²) in [6, 6.07) is 7.30. The van der Waals surface area contributed by atoms with E-state index in [-0.39, 0.29) is 18.0 Å². The second-order valence-corrected chi connectivity index (χ2v) is 5.24. The molecule has 0 bridgehead atoms. The number of benzene rings is 1. The van der Waals surface area contributed by atoms with Crippen LogP contribution >= 0.6 is 0 Å². The number of aromatic nitrogens is 2. The number of rotatable bonds is 4. The molecule has 6 nitrogen and oxygen atoms in total. The van der Waals surface area contributed by atoms with Crippen molar-refractivity contribution in [1.29, 1.82) is 0 Å². The molecule has 1 aromatic heterocycles. The third-order valence-corrected chi connectivity index (χ3v) is 3.35. The van der Waals surface area contributed by atoms with Gasteiger partial charge in [0.2, 0.25) is 5.95 Å². The number of hydrogen-bond acceptors (Lipinski definition) is 6. The highest BCUT2D eigenvalue weighted by atomic mass is 19.4. The normalized spacial score (nSPS) is 17.4. The van der Waals surface area contributed by atoms with Crippen LogP contribution in [0.25, 0.3) is 6.08 Å². The summed E-state index contributed by atoms with van der Waals surface area (Å²) in [5, 5.41) is 2.84. The lowest BCUT2D eigenvalue weighted by Crippen LogP contribution is -2.10. The first-order valence-corrected chi connectivity index (χ1v) is 7.31. The second-order valence-electron chi connectivity index (χ2n) is 5.24. The average Bonchev–Trinajstić information content (AvgIpc) is 2.99. The molecule has 1 aromatic carbocycles. The predicted octanol–water partition coefficient (Wildman–Crippen LogP) is 2.97. The molecule has 130 valence electrons. The van der Waals surface area contributed by atoms with Crippen molar-refractivity contribution < 1.29 is 17.9 Å². The van der Waals surface area contributed by atoms with Gasteiger partial charge in [-0.1, -0.05) is 24.3 Å². The van der Waals surface area contributed by atoms with Crippen molar-refractivity contribution in [2.75, 3.05) is 11.9 Å². The minimum atomic E-state index is -4.45. The molecule has 0 radical (unpaired) electrons. The number of halogens is 3. The van der Waals surface area contributed by atoms with E-state index < -0.39 is 11.7 Å². The Labute approximate surface area is 141 Å². The minimum absolute atomic E-state index is 0.0872. The van der Waals surface area contributed by atoms with Gasteiger partial charge in [0.1, 0.15) is 12.6 Å². The lowest BCUT2D eigenvalue weighted by molar-refractivity contribution is -0.138. The fourth-order valence-corrected chi connectivity index (χ4v) is 2.08. The zero-order chi connectivity index (χ0) is 17.9. The lowest BCUT2D eigenvalue weighted by Gasteiger charge is -2.08. The Morgan fingerprint density at radius 1 is 1.16 bits per heavy atom. The Bertz CT molecular complexity index is 785. The van der Waals surface area contributed by atoms with Crippen molar-refractivity contribution in [3.05, 3.63) is 53.9 Å². The number of nitrogens with one attached hydrogen (secondary N) is 1. The SMILES string of the molecule is NC1=N[C@@H](C=Cc2ccc(Nc3ncc(C(F)(F)F)cn3)cc2)CO1. The van der Waals surface area contributed by atoms with Crippen LogP contribution in [0.1, 0.15) is 11.1 Å². The molecule has 0 aliphatic carbocycles. The van der Waals surface area contributed by atoms with Gasteiger partial charge in [0.25, 0.3) is 6.02 Å². The number of anilines is 2. The summed E-state index contributed by atoms with van der Waals surface area (Å²) in [5.41, 5.74) is 6.13. The molecule has 2 aromatic rings. The molecule has 25 heavy (non-hydrogen) atoms. The number of hydrogen-bond donors (Lipinski definition) is 2. The number of aliphatic imine (C=N–C) groups is 1. The van der Waals surface area contributed by atoms with E-state index in [1.807, 2.05) is 24.3 Å². The zero-order valence-electron chi connectivity index (χ0n) is 12.9. The Kier molecular flexibility index (Phi) is 4.55. The third kappa shape index (κ3) is 4.46. The van der Waals surface area contributed by atoms with Crippen LogP contribution in [0.2, 0.25) is 0 Å². The Morgan fingerprint density at radius 2 is 1.84 bits per heavy atom. The molecule has 1 aliphatic rings. The molecule has 0 fully saturated rings. The van der Waals surface area contributed by atoms with Crippen molar-refractivity contribution in [1.82, 2.24) is 9.97 Å². The maximum Gasteiger partial charge on any atom is 0.419 e. The summed E-state index contributed by atoms with van der Waals surface area (Å²) in [5.74, 6) is 0.0872. The molecule has 0 saturated heterocycles. The summed E-state index contributed by atoms with van der Waals surface area (Å²) < 4.78 is 42.5. The van der Waals surface area contributed by atoms with Gasteiger partial charge in [-0.25, -0.2) is 15.0 Å². The summed E-state index contributed by atoms with van der Waals surface area (Å²) >= 11 is 0. The van der Waals surface area contributed by atoms with E-state index in [4.69, 9.17) is 10.5 Å². The molecule has 1 atom stereocenters. The first kappa shape index (κ1) is 16.7. The summed E-state index contributed by atoms with van der Waals surface area (Å²) in [4.78, 5) is 11.4. The van der Waals surface area contributed by atoms with Crippen molar-refractivity contribution in [3.8, 4) is 0 Å². The smallest absolute Gasteiger partial charge is 0.419 e. The van der Waals surface area contributed by atoms with E-state index in [9.17, 15) is 13.2 Å². The molecule has 3 rings (SSSR count). The molecule has 0 saturated carbocycles. The van der Waals surface area contributed by atoms with Gasteiger partial charge in [-0.05, 0) is 17.7 Å². The molecule has 1 aliphatic heterocycles. The Morgan fingerprint density at radius 3 is 2.40 bits per heavy atom. The predicted molar refractivity (Wildman–Crippen MR) is 87.2 cm³/mol. The van der Waals surface area contributed by atoms with Crippen LogP contribution < -0.4 is 11.1 Å². The van der Waals surface area contributed by atoms with Gasteiger partial charge in [0.15, 0.2) is 0 Å². The van der Waals surface area contributed by atoms with Gasteiger partial charge in [0, 0.05) is 18.1 Å². The molecular formula is C16H14F3N5O. The van der Waals surface area contributed by atoms with Crippen LogP contribution in [0.5, 0.6) is 0 Å². The second kappa shape index (κ2) is 6.80. The Hall–Kier alpha value is -3.10. The zero-order valence-corrected chi connectivity index (χ0v) is 12.9. The summed E-state index contributed by atoms with van der Waals surface area (Å²) in [7, 11) is 0. The average molecular weight is 349 g/mol. The highest BCUT2D eigenvalue weighted by Gasteiger charge is 2.31. The molecular weight excluding hydrogens is 335 g/mol. The van der Waals surface area contributed by atoms with Crippen LogP contribution in [-0.4, -0.2) is 28.6 Å². The lowest BCUT2D eigenvalue weighted by atomic mass is 10.1. The monoisotopic (exact) mass is 349 g/mol. The number of nitrogens with two attached hydrogens (primary N) is 1. The van der Waals surface area contributed by atoms with E-state index in [0.29, 0.717) is 12.3 Å². The molecule has 0 spiro atoms. The third-order valence-electron chi connectivity index (χ3n) is 3.35. The van der Waals surface area contributed by atoms with Crippen LogP contribution in [0.3, 0.4) is 0 Å². The van der Waals surface area contributed by atoms with E-state index in [1.54, 1.807) is 12.1 Å². The van der Waals surface area contributed by atoms with Gasteiger partial charge < -0.3 is 15.8 Å². The Balaban J connectivity index is 1.62. The fraction of sp³-hybridized carbons (Fsp3) is 0.188. The van der Waals surface area contributed by atoms with E-state index in [1.165, 1.54) is 0 Å². The summed E-state index contributed by atoms with van der Waals surface area (Å²) in [6.07, 6.45) is 0.784. The first-order valence-electron chi connectivity index (χ1n) is 7.31. The van der Waals surface area contributed by atoms with Crippen molar-refractivity contribution in [2.45, 2.75) is 12.2 Å². The van der Waals surface area contributed by atoms with Gasteiger partial charge in [-0.3, -0.25) is 0 Å². The largest absolute Gasteiger partial charge is 0.463 e. The van der Waals surface area contributed by atoms with Crippen LogP contribution in [0, 0.1) is 0 Å². The van der Waals surface area contributed by atoms with Gasteiger partial charge in [-0.15, -0.1) is 0 Å². The molecule has 0 amide bonds. The summed E-state index contributed by atoms with van der Waals surface area (Å²) in [6.45, 7) is 0.424. The topological polar surface area (TPSA) is 85.4 Å². The highest BCUT2D eigenvalue weighted by Crippen LogP contribution is 2.28. The maximum atomic E-state index is 12.5. The highest BCUT2D eigenvalue weighted by molar-refractivity contribution is 5.73. The van der Waals surface area contributed by atoms with Crippen LogP contribution in [-0.2, 0) is 10.9 Å². The quantitative estimate of drug-likeness (QED) is 0.886. The van der Waals surface area contributed by atoms with Gasteiger partial charge in [-0.2, -0.15) is 13.2 Å². The van der Waals surface area contributed by atoms with Crippen molar-refractivity contribution in [3.63, 3.8) is 0 Å². The van der Waals surface area contributed by atoms with Crippen LogP contribution in [0.4, 0.5) is 24.8 Å². The maximum absolute atomic E-state index is 12.5. The van der Waals surface area contributed by atoms with Gasteiger partial charge in [0.05, 0.1) is 5.56 Å². The van der Waals surface area contributed by atoms with E-state index in [0.717, 1.165) is 18.0 Å². The standard InChI is InChI=1S/C16H14F3N5O/c17-16(18,19)11-7-21-15(22-8-11)24-12-4-1-10(2-5-12)3-6-13-9-25-14(20)23-13/h1-8,13H,9H2,(H2,20,23)(H,21,22,24)/t13-/m0/s1. The number of ether oxygens (including phenoxy) is 1. The number of nitrogens with zero attached hydrogens (tertiary/aromatic N) is 3. The number of alkyl halides is 3. The van der Waals surface area contributed by atoms with Crippen molar-refractivity contribution >= 4 is 23.7 Å².